The first-order valence-electron chi connectivity index (χ1n) is 14.0. The lowest BCUT2D eigenvalue weighted by molar-refractivity contribution is -0.132. The average molecular weight is 523 g/mol. The number of piperazine rings is 1. The van der Waals surface area contributed by atoms with E-state index in [4.69, 9.17) is 5.10 Å². The van der Waals surface area contributed by atoms with Crippen LogP contribution in [0.25, 0.3) is 0 Å². The molecule has 0 bridgehead atoms. The maximum Gasteiger partial charge on any atom is 0.274 e. The Kier molecular flexibility index (Phi) is 7.51. The molecule has 1 N–H and O–H groups in total. The van der Waals surface area contributed by atoms with Gasteiger partial charge in [0.2, 0.25) is 5.91 Å². The lowest BCUT2D eigenvalue weighted by Crippen LogP contribution is -2.51. The van der Waals surface area contributed by atoms with Gasteiger partial charge in [0.25, 0.3) is 5.91 Å². The lowest BCUT2D eigenvalue weighted by atomic mass is 9.90. The van der Waals surface area contributed by atoms with Crippen molar-refractivity contribution in [3.8, 4) is 0 Å². The molecule has 1 aliphatic carbocycles. The quantitative estimate of drug-likeness (QED) is 0.624. The summed E-state index contributed by atoms with van der Waals surface area (Å²) in [6, 6.07) is 6.40. The van der Waals surface area contributed by atoms with E-state index < -0.39 is 5.60 Å². The number of anilines is 1. The zero-order chi connectivity index (χ0) is 27.0. The summed E-state index contributed by atoms with van der Waals surface area (Å²) >= 11 is 0. The van der Waals surface area contributed by atoms with Gasteiger partial charge in [-0.3, -0.25) is 14.3 Å². The maximum atomic E-state index is 13.5. The van der Waals surface area contributed by atoms with E-state index in [9.17, 15) is 14.7 Å². The molecule has 0 saturated carbocycles. The van der Waals surface area contributed by atoms with E-state index in [-0.39, 0.29) is 18.4 Å². The number of hydrogen-bond acceptors (Lipinski definition) is 6. The summed E-state index contributed by atoms with van der Waals surface area (Å²) < 4.78 is 1.79. The molecular weight excluding hydrogens is 480 g/mol. The number of piperidine rings is 1. The van der Waals surface area contributed by atoms with Gasteiger partial charge in [-0.05, 0) is 77.2 Å². The normalized spacial score (nSPS) is 19.3. The number of fused-ring (bicyclic) bond motifs is 1. The van der Waals surface area contributed by atoms with Gasteiger partial charge in [-0.1, -0.05) is 12.1 Å². The first-order chi connectivity index (χ1) is 18.1. The molecule has 5 rings (SSSR count). The third-order valence-electron chi connectivity index (χ3n) is 8.64. The van der Waals surface area contributed by atoms with Gasteiger partial charge in [0.1, 0.15) is 6.54 Å². The molecule has 2 aliphatic heterocycles. The molecule has 38 heavy (non-hydrogen) atoms. The van der Waals surface area contributed by atoms with Crippen molar-refractivity contribution in [2.75, 3.05) is 64.8 Å². The minimum absolute atomic E-state index is 0.0635. The largest absolute Gasteiger partial charge is 0.388 e. The Balaban J connectivity index is 1.22. The highest BCUT2D eigenvalue weighted by atomic mass is 16.3. The van der Waals surface area contributed by atoms with Gasteiger partial charge in [0.05, 0.1) is 5.60 Å². The molecule has 2 saturated heterocycles. The van der Waals surface area contributed by atoms with Gasteiger partial charge in [-0.2, -0.15) is 5.10 Å². The van der Waals surface area contributed by atoms with Crippen LogP contribution in [0.5, 0.6) is 0 Å². The van der Waals surface area contributed by atoms with Crippen molar-refractivity contribution in [2.45, 2.75) is 58.1 Å². The number of amides is 2. The van der Waals surface area contributed by atoms with E-state index in [1.165, 1.54) is 16.8 Å². The number of rotatable bonds is 6. The minimum Gasteiger partial charge on any atom is -0.388 e. The molecule has 3 heterocycles. The number of carbonyl (C=O) groups is 2. The number of carbonyl (C=O) groups excluding carboxylic acids is 2. The number of benzene rings is 1. The van der Waals surface area contributed by atoms with Crippen LogP contribution in [0.4, 0.5) is 5.69 Å². The van der Waals surface area contributed by atoms with E-state index in [1.807, 2.05) is 28.8 Å². The van der Waals surface area contributed by atoms with Gasteiger partial charge in [-0.15, -0.1) is 0 Å². The Bertz CT molecular complexity index is 1190. The molecule has 2 aromatic rings. The first-order valence-corrected chi connectivity index (χ1v) is 14.0. The second-order valence-electron chi connectivity index (χ2n) is 11.6. The molecule has 3 aliphatic rings. The van der Waals surface area contributed by atoms with E-state index in [2.05, 4.69) is 36.9 Å². The molecule has 0 unspecified atom stereocenters. The Morgan fingerprint density at radius 3 is 2.39 bits per heavy atom. The number of aromatic nitrogens is 2. The van der Waals surface area contributed by atoms with Crippen molar-refractivity contribution in [1.29, 1.82) is 0 Å². The monoisotopic (exact) mass is 522 g/mol. The van der Waals surface area contributed by atoms with Crippen molar-refractivity contribution in [2.24, 2.45) is 0 Å². The number of likely N-dealkylation sites (N-methyl/N-ethyl adjacent to an activating group) is 1. The fourth-order valence-corrected chi connectivity index (χ4v) is 6.34. The zero-order valence-electron chi connectivity index (χ0n) is 23.4. The number of aryl methyl sites for hydroxylation is 1. The molecule has 1 aromatic carbocycles. The Morgan fingerprint density at radius 2 is 1.71 bits per heavy atom. The first kappa shape index (κ1) is 26.7. The summed E-state index contributed by atoms with van der Waals surface area (Å²) in [5.41, 5.74) is 5.63. The SMILES string of the molecule is Cc1cccc(N2CCN(C(=O)Cn3nc(C(=O)N4CCC(O)(CN(C)C)CC4)c4c3CCC4)CC2)c1C. The van der Waals surface area contributed by atoms with Gasteiger partial charge in [0.15, 0.2) is 5.69 Å². The number of aliphatic hydroxyl groups is 1. The second kappa shape index (κ2) is 10.7. The molecule has 0 atom stereocenters. The Hall–Kier alpha value is -2.91. The third-order valence-corrected chi connectivity index (χ3v) is 8.64. The summed E-state index contributed by atoms with van der Waals surface area (Å²) in [6.07, 6.45) is 3.79. The molecule has 0 spiro atoms. The summed E-state index contributed by atoms with van der Waals surface area (Å²) in [7, 11) is 3.91. The molecular formula is C29H42N6O3. The van der Waals surface area contributed by atoms with Crippen LogP contribution in [0.1, 0.15) is 52.1 Å². The zero-order valence-corrected chi connectivity index (χ0v) is 23.4. The molecule has 9 heteroatoms. The number of likely N-dealkylation sites (tertiary alicyclic amines) is 1. The van der Waals surface area contributed by atoms with Gasteiger partial charge in [-0.25, -0.2) is 0 Å². The van der Waals surface area contributed by atoms with E-state index in [0.717, 1.165) is 43.6 Å². The van der Waals surface area contributed by atoms with Crippen molar-refractivity contribution in [3.05, 3.63) is 46.3 Å². The lowest BCUT2D eigenvalue weighted by Gasteiger charge is -2.39. The second-order valence-corrected chi connectivity index (χ2v) is 11.6. The molecule has 2 fully saturated rings. The van der Waals surface area contributed by atoms with Crippen molar-refractivity contribution in [1.82, 2.24) is 24.5 Å². The van der Waals surface area contributed by atoms with E-state index in [0.29, 0.717) is 51.3 Å². The average Bonchev–Trinajstić information content (AvgIpc) is 3.49. The van der Waals surface area contributed by atoms with E-state index in [1.54, 1.807) is 4.68 Å². The highest BCUT2D eigenvalue weighted by Gasteiger charge is 2.37. The summed E-state index contributed by atoms with van der Waals surface area (Å²) in [6.45, 7) is 9.11. The van der Waals surface area contributed by atoms with Crippen LogP contribution >= 0.6 is 0 Å². The predicted octanol–water partition coefficient (Wildman–Crippen LogP) is 1.87. The van der Waals surface area contributed by atoms with Crippen LogP contribution in [0.2, 0.25) is 0 Å². The van der Waals surface area contributed by atoms with Gasteiger partial charge < -0.3 is 24.7 Å². The third kappa shape index (κ3) is 5.31. The highest BCUT2D eigenvalue weighted by molar-refractivity contribution is 5.94. The highest BCUT2D eigenvalue weighted by Crippen LogP contribution is 2.29. The molecule has 0 radical (unpaired) electrons. The fourth-order valence-electron chi connectivity index (χ4n) is 6.34. The number of nitrogens with zero attached hydrogens (tertiary/aromatic N) is 6. The molecule has 206 valence electrons. The fraction of sp³-hybridized carbons (Fsp3) is 0.621. The Labute approximate surface area is 226 Å². The summed E-state index contributed by atoms with van der Waals surface area (Å²) in [5.74, 6) is -0.00285. The van der Waals surface area contributed by atoms with Crippen LogP contribution in [0, 0.1) is 13.8 Å². The van der Waals surface area contributed by atoms with Crippen LogP contribution in [0.15, 0.2) is 18.2 Å². The van der Waals surface area contributed by atoms with Crippen LogP contribution < -0.4 is 4.90 Å². The van der Waals surface area contributed by atoms with Crippen LogP contribution in [-0.4, -0.2) is 107 Å². The Morgan fingerprint density at radius 1 is 1.00 bits per heavy atom. The predicted molar refractivity (Wildman–Crippen MR) is 148 cm³/mol. The maximum absolute atomic E-state index is 13.5. The number of hydrogen-bond donors (Lipinski definition) is 1. The smallest absolute Gasteiger partial charge is 0.274 e. The van der Waals surface area contributed by atoms with Crippen LogP contribution in [-0.2, 0) is 24.2 Å². The summed E-state index contributed by atoms with van der Waals surface area (Å²) in [4.78, 5) is 34.9. The minimum atomic E-state index is -0.754. The van der Waals surface area contributed by atoms with Crippen LogP contribution in [0.3, 0.4) is 0 Å². The standard InChI is InChI=1S/C29H42N6O3/c1-21-7-5-9-24(22(21)2)32-15-17-33(18-16-32)26(36)19-35-25-10-6-8-23(25)27(30-35)28(37)34-13-11-29(38,12-14-34)20-31(3)4/h5,7,9,38H,6,8,10-20H2,1-4H3. The van der Waals surface area contributed by atoms with Gasteiger partial charge >= 0.3 is 0 Å². The van der Waals surface area contributed by atoms with Crippen molar-refractivity contribution in [3.63, 3.8) is 0 Å². The van der Waals surface area contributed by atoms with E-state index >= 15 is 0 Å². The molecule has 2 amide bonds. The van der Waals surface area contributed by atoms with Gasteiger partial charge in [0, 0.05) is 62.8 Å². The molecule has 1 aromatic heterocycles. The topological polar surface area (TPSA) is 85.2 Å². The molecule has 9 nitrogen and oxygen atoms in total. The van der Waals surface area contributed by atoms with Crippen molar-refractivity contribution < 1.29 is 14.7 Å². The van der Waals surface area contributed by atoms with Crippen molar-refractivity contribution >= 4 is 17.5 Å². The summed E-state index contributed by atoms with van der Waals surface area (Å²) in [5, 5.41) is 15.6.